The molecule has 1 aliphatic heterocycles. The average Bonchev–Trinajstić information content (AvgIpc) is 2.67. The van der Waals surface area contributed by atoms with E-state index in [0.717, 1.165) is 19.4 Å². The zero-order valence-electron chi connectivity index (χ0n) is 8.42. The van der Waals surface area contributed by atoms with E-state index in [0.29, 0.717) is 0 Å². The maximum Gasteiger partial charge on any atom is 0.237 e. The first-order valence-corrected chi connectivity index (χ1v) is 4.89. The summed E-state index contributed by atoms with van der Waals surface area (Å²) in [6.07, 6.45) is 1.85. The van der Waals surface area contributed by atoms with Gasteiger partial charge >= 0.3 is 0 Å². The van der Waals surface area contributed by atoms with Crippen LogP contribution >= 0.6 is 0 Å². The van der Waals surface area contributed by atoms with Crippen LogP contribution in [0.5, 0.6) is 0 Å². The Morgan fingerprint density at radius 1 is 1.71 bits per heavy atom. The van der Waals surface area contributed by atoms with Crippen LogP contribution in [0, 0.1) is 0 Å². The first-order chi connectivity index (χ1) is 6.55. The predicted octanol–water partition coefficient (Wildman–Crippen LogP) is -1.40. The van der Waals surface area contributed by atoms with Gasteiger partial charge in [0.05, 0.1) is 12.6 Å². The Bertz CT molecular complexity index is 200. The zero-order chi connectivity index (χ0) is 10.6. The molecule has 0 saturated carbocycles. The molecule has 1 saturated heterocycles. The van der Waals surface area contributed by atoms with Crippen molar-refractivity contribution in [2.75, 3.05) is 19.7 Å². The summed E-state index contributed by atoms with van der Waals surface area (Å²) < 4.78 is 0. The zero-order valence-corrected chi connectivity index (χ0v) is 8.42. The standard InChI is InChI=1S/C9H18N2O3/c1-9(14,6-12)5-11-8(13)7-3-2-4-10-7/h7,10,12,14H,2-6H2,1H3,(H,11,13)/t7-,9?/m0/s1. The Kier molecular flexibility index (Phi) is 3.86. The molecule has 0 radical (unpaired) electrons. The molecule has 4 N–H and O–H groups in total. The van der Waals surface area contributed by atoms with Gasteiger partial charge in [-0.15, -0.1) is 0 Å². The Labute approximate surface area is 83.5 Å². The SMILES string of the molecule is CC(O)(CO)CNC(=O)[C@@H]1CCCN1. The first kappa shape index (κ1) is 11.4. The number of amides is 1. The second-order valence-electron chi connectivity index (χ2n) is 4.02. The molecule has 1 heterocycles. The molecule has 1 fully saturated rings. The van der Waals surface area contributed by atoms with Crippen LogP contribution in [-0.2, 0) is 4.79 Å². The predicted molar refractivity (Wildman–Crippen MR) is 51.7 cm³/mol. The van der Waals surface area contributed by atoms with Crippen molar-refractivity contribution in [1.82, 2.24) is 10.6 Å². The molecule has 2 atom stereocenters. The molecule has 0 bridgehead atoms. The van der Waals surface area contributed by atoms with Crippen molar-refractivity contribution in [3.8, 4) is 0 Å². The molecule has 14 heavy (non-hydrogen) atoms. The number of rotatable bonds is 4. The highest BCUT2D eigenvalue weighted by atomic mass is 16.3. The number of carbonyl (C=O) groups excluding carboxylic acids is 1. The van der Waals surface area contributed by atoms with Crippen molar-refractivity contribution in [3.05, 3.63) is 0 Å². The van der Waals surface area contributed by atoms with Gasteiger partial charge in [-0.3, -0.25) is 4.79 Å². The monoisotopic (exact) mass is 202 g/mol. The molecule has 5 nitrogen and oxygen atoms in total. The summed E-state index contributed by atoms with van der Waals surface area (Å²) in [5, 5.41) is 23.8. The molecule has 1 aliphatic rings. The molecule has 0 aromatic carbocycles. The molecular formula is C9H18N2O3. The van der Waals surface area contributed by atoms with Crippen LogP contribution in [0.2, 0.25) is 0 Å². The minimum Gasteiger partial charge on any atom is -0.393 e. The average molecular weight is 202 g/mol. The highest BCUT2D eigenvalue weighted by Crippen LogP contribution is 2.05. The summed E-state index contributed by atoms with van der Waals surface area (Å²) in [5.74, 6) is -0.101. The lowest BCUT2D eigenvalue weighted by molar-refractivity contribution is -0.124. The number of hydrogen-bond acceptors (Lipinski definition) is 4. The maximum atomic E-state index is 11.4. The van der Waals surface area contributed by atoms with Gasteiger partial charge in [0.25, 0.3) is 0 Å². The normalized spacial score (nSPS) is 25.8. The number of nitrogens with one attached hydrogen (secondary N) is 2. The quantitative estimate of drug-likeness (QED) is 0.452. The topological polar surface area (TPSA) is 81.6 Å². The number of aliphatic hydroxyl groups is 2. The molecular weight excluding hydrogens is 184 g/mol. The van der Waals surface area contributed by atoms with Gasteiger partial charge in [0.2, 0.25) is 5.91 Å². The van der Waals surface area contributed by atoms with Crippen molar-refractivity contribution in [2.45, 2.75) is 31.4 Å². The van der Waals surface area contributed by atoms with Crippen LogP contribution in [0.3, 0.4) is 0 Å². The molecule has 0 spiro atoms. The molecule has 1 unspecified atom stereocenters. The van der Waals surface area contributed by atoms with Gasteiger partial charge in [-0.2, -0.15) is 0 Å². The Hall–Kier alpha value is -0.650. The molecule has 0 aliphatic carbocycles. The summed E-state index contributed by atoms with van der Waals surface area (Å²) in [6.45, 7) is 2.08. The second-order valence-corrected chi connectivity index (χ2v) is 4.02. The van der Waals surface area contributed by atoms with Crippen LogP contribution in [0.1, 0.15) is 19.8 Å². The Morgan fingerprint density at radius 2 is 2.43 bits per heavy atom. The molecule has 0 aromatic rings. The fourth-order valence-corrected chi connectivity index (χ4v) is 1.36. The lowest BCUT2D eigenvalue weighted by atomic mass is 10.1. The third-order valence-corrected chi connectivity index (χ3v) is 2.36. The second kappa shape index (κ2) is 4.72. The minimum absolute atomic E-state index is 0.0838. The molecule has 1 amide bonds. The van der Waals surface area contributed by atoms with E-state index in [-0.39, 0.29) is 25.1 Å². The van der Waals surface area contributed by atoms with Crippen LogP contribution in [0.4, 0.5) is 0 Å². The molecule has 0 aromatic heterocycles. The Balaban J connectivity index is 2.27. The van der Waals surface area contributed by atoms with Gasteiger partial charge < -0.3 is 20.8 Å². The fourth-order valence-electron chi connectivity index (χ4n) is 1.36. The largest absolute Gasteiger partial charge is 0.393 e. The van der Waals surface area contributed by atoms with Crippen molar-refractivity contribution in [2.24, 2.45) is 0 Å². The molecule has 82 valence electrons. The third kappa shape index (κ3) is 3.25. The summed E-state index contributed by atoms with van der Waals surface area (Å²) in [6, 6.07) is -0.135. The van der Waals surface area contributed by atoms with Crippen molar-refractivity contribution in [3.63, 3.8) is 0 Å². The number of aliphatic hydroxyl groups excluding tert-OH is 1. The summed E-state index contributed by atoms with van der Waals surface area (Å²) >= 11 is 0. The van der Waals surface area contributed by atoms with E-state index < -0.39 is 5.60 Å². The first-order valence-electron chi connectivity index (χ1n) is 4.89. The fraction of sp³-hybridized carbons (Fsp3) is 0.889. The van der Waals surface area contributed by atoms with Gasteiger partial charge in [-0.25, -0.2) is 0 Å². The minimum atomic E-state index is -1.23. The maximum absolute atomic E-state index is 11.4. The van der Waals surface area contributed by atoms with E-state index >= 15 is 0 Å². The number of hydrogen-bond donors (Lipinski definition) is 4. The highest BCUT2D eigenvalue weighted by molar-refractivity contribution is 5.82. The van der Waals surface area contributed by atoms with E-state index in [1.54, 1.807) is 0 Å². The van der Waals surface area contributed by atoms with Gasteiger partial charge in [-0.1, -0.05) is 0 Å². The lowest BCUT2D eigenvalue weighted by Crippen LogP contribution is -2.48. The van der Waals surface area contributed by atoms with Crippen molar-refractivity contribution < 1.29 is 15.0 Å². The van der Waals surface area contributed by atoms with E-state index in [1.807, 2.05) is 0 Å². The molecule has 5 heteroatoms. The van der Waals surface area contributed by atoms with E-state index in [1.165, 1.54) is 6.92 Å². The Morgan fingerprint density at radius 3 is 2.93 bits per heavy atom. The van der Waals surface area contributed by atoms with Crippen molar-refractivity contribution in [1.29, 1.82) is 0 Å². The van der Waals surface area contributed by atoms with E-state index in [4.69, 9.17) is 5.11 Å². The van der Waals surface area contributed by atoms with Gasteiger partial charge in [-0.05, 0) is 26.3 Å². The summed E-state index contributed by atoms with van der Waals surface area (Å²) in [4.78, 5) is 11.4. The third-order valence-electron chi connectivity index (χ3n) is 2.36. The van der Waals surface area contributed by atoms with Crippen LogP contribution in [-0.4, -0.2) is 47.5 Å². The smallest absolute Gasteiger partial charge is 0.237 e. The van der Waals surface area contributed by atoms with Crippen molar-refractivity contribution >= 4 is 5.91 Å². The van der Waals surface area contributed by atoms with E-state index in [2.05, 4.69) is 10.6 Å². The lowest BCUT2D eigenvalue weighted by Gasteiger charge is -2.21. The van der Waals surface area contributed by atoms with Gasteiger partial charge in [0.15, 0.2) is 0 Å². The van der Waals surface area contributed by atoms with Gasteiger partial charge in [0.1, 0.15) is 5.60 Å². The van der Waals surface area contributed by atoms with Gasteiger partial charge in [0, 0.05) is 6.54 Å². The number of carbonyl (C=O) groups is 1. The summed E-state index contributed by atoms with van der Waals surface area (Å²) in [7, 11) is 0. The molecule has 1 rings (SSSR count). The van der Waals surface area contributed by atoms with E-state index in [9.17, 15) is 9.90 Å². The van der Waals surface area contributed by atoms with Crippen LogP contribution in [0.25, 0.3) is 0 Å². The van der Waals surface area contributed by atoms with Crippen LogP contribution in [0.15, 0.2) is 0 Å². The van der Waals surface area contributed by atoms with Crippen LogP contribution < -0.4 is 10.6 Å². The summed E-state index contributed by atoms with van der Waals surface area (Å²) in [5.41, 5.74) is -1.23. The highest BCUT2D eigenvalue weighted by Gasteiger charge is 2.25.